The van der Waals surface area contributed by atoms with Crippen molar-refractivity contribution in [3.8, 4) is 11.4 Å². The lowest BCUT2D eigenvalue weighted by molar-refractivity contribution is 0.122. The highest BCUT2D eigenvalue weighted by molar-refractivity contribution is 5.92. The predicted octanol–water partition coefficient (Wildman–Crippen LogP) is 4.14. The summed E-state index contributed by atoms with van der Waals surface area (Å²) in [5.41, 5.74) is 9.87. The van der Waals surface area contributed by atoms with Crippen LogP contribution in [0.5, 0.6) is 0 Å². The van der Waals surface area contributed by atoms with Crippen molar-refractivity contribution >= 4 is 28.8 Å². The van der Waals surface area contributed by atoms with Gasteiger partial charge in [0.25, 0.3) is 0 Å². The van der Waals surface area contributed by atoms with Gasteiger partial charge in [-0.1, -0.05) is 6.07 Å². The van der Waals surface area contributed by atoms with Gasteiger partial charge in [-0.3, -0.25) is 9.88 Å². The number of hydrogen-bond acceptors (Lipinski definition) is 9. The van der Waals surface area contributed by atoms with Crippen molar-refractivity contribution in [3.05, 3.63) is 66.1 Å². The van der Waals surface area contributed by atoms with Gasteiger partial charge < -0.3 is 30.7 Å². The smallest absolute Gasteiger partial charge is 0.163 e. The molecule has 0 atom stereocenters. The van der Waals surface area contributed by atoms with E-state index in [1.54, 1.807) is 0 Å². The zero-order chi connectivity index (χ0) is 28.7. The van der Waals surface area contributed by atoms with Gasteiger partial charge in [-0.25, -0.2) is 9.97 Å². The highest BCUT2D eigenvalue weighted by Gasteiger charge is 2.25. The molecule has 0 radical (unpaired) electrons. The molecule has 10 heteroatoms. The SMILES string of the molecule is N=Cc1c(NC2CCN(Cc3cccnc3)CC2)nc(-c2ccc3c(ccn3CCCCN)c2)nc1N1CCOCC1. The van der Waals surface area contributed by atoms with E-state index in [-0.39, 0.29) is 6.04 Å². The molecule has 6 rings (SSSR count). The third-order valence-corrected chi connectivity index (χ3v) is 8.32. The number of pyridine rings is 1. The normalized spacial score (nSPS) is 16.6. The number of nitrogens with zero attached hydrogens (tertiary/aromatic N) is 6. The van der Waals surface area contributed by atoms with Crippen LogP contribution in [0.1, 0.15) is 36.8 Å². The van der Waals surface area contributed by atoms with Gasteiger partial charge in [-0.05, 0) is 68.1 Å². The number of unbranched alkanes of at least 4 members (excludes halogenated alkanes) is 1. The third-order valence-electron chi connectivity index (χ3n) is 8.32. The van der Waals surface area contributed by atoms with E-state index >= 15 is 0 Å². The van der Waals surface area contributed by atoms with Crippen molar-refractivity contribution < 1.29 is 4.74 Å². The fourth-order valence-electron chi connectivity index (χ4n) is 5.99. The maximum Gasteiger partial charge on any atom is 0.163 e. The summed E-state index contributed by atoms with van der Waals surface area (Å²) in [6.45, 7) is 7.39. The van der Waals surface area contributed by atoms with Crippen LogP contribution in [-0.2, 0) is 17.8 Å². The molecule has 4 aromatic rings. The molecule has 0 aliphatic carbocycles. The summed E-state index contributed by atoms with van der Waals surface area (Å²) < 4.78 is 7.92. The van der Waals surface area contributed by atoms with Crippen molar-refractivity contribution in [2.24, 2.45) is 5.73 Å². The summed E-state index contributed by atoms with van der Waals surface area (Å²) in [7, 11) is 0. The maximum atomic E-state index is 8.35. The zero-order valence-corrected chi connectivity index (χ0v) is 24.2. The van der Waals surface area contributed by atoms with Gasteiger partial charge in [0.2, 0.25) is 0 Å². The molecule has 0 amide bonds. The summed E-state index contributed by atoms with van der Waals surface area (Å²) in [4.78, 5) is 19.1. The molecular weight excluding hydrogens is 526 g/mol. The van der Waals surface area contributed by atoms with Crippen molar-refractivity contribution in [1.82, 2.24) is 24.4 Å². The van der Waals surface area contributed by atoms with Crippen LogP contribution in [0, 0.1) is 5.41 Å². The first kappa shape index (κ1) is 28.3. The Kier molecular flexibility index (Phi) is 9.03. The number of ether oxygens (including phenoxy) is 1. The number of nitrogens with two attached hydrogens (primary N) is 1. The molecule has 220 valence electrons. The lowest BCUT2D eigenvalue weighted by Gasteiger charge is -2.34. The largest absolute Gasteiger partial charge is 0.378 e. The Bertz CT molecular complexity index is 1470. The molecule has 3 aromatic heterocycles. The number of hydrogen-bond donors (Lipinski definition) is 3. The Morgan fingerprint density at radius 1 is 1.05 bits per heavy atom. The molecule has 2 aliphatic rings. The Hall–Kier alpha value is -3.86. The number of nitrogens with one attached hydrogen (secondary N) is 2. The molecule has 2 fully saturated rings. The van der Waals surface area contributed by atoms with Gasteiger partial charge in [-0.2, -0.15) is 0 Å². The van der Waals surface area contributed by atoms with Crippen LogP contribution in [0.25, 0.3) is 22.3 Å². The number of anilines is 2. The average molecular weight is 568 g/mol. The lowest BCUT2D eigenvalue weighted by atomic mass is 10.0. The van der Waals surface area contributed by atoms with Crippen LogP contribution < -0.4 is 16.0 Å². The highest BCUT2D eigenvalue weighted by atomic mass is 16.5. The summed E-state index contributed by atoms with van der Waals surface area (Å²) in [6.07, 6.45) is 11.4. The van der Waals surface area contributed by atoms with Gasteiger partial charge in [-0.15, -0.1) is 0 Å². The predicted molar refractivity (Wildman–Crippen MR) is 168 cm³/mol. The summed E-state index contributed by atoms with van der Waals surface area (Å²) in [5, 5.41) is 13.2. The zero-order valence-electron chi connectivity index (χ0n) is 24.2. The monoisotopic (exact) mass is 567 g/mol. The second-order valence-electron chi connectivity index (χ2n) is 11.2. The summed E-state index contributed by atoms with van der Waals surface area (Å²) >= 11 is 0. The van der Waals surface area contributed by atoms with E-state index < -0.39 is 0 Å². The molecule has 2 saturated heterocycles. The number of rotatable bonds is 11. The minimum Gasteiger partial charge on any atom is -0.378 e. The van der Waals surface area contributed by atoms with E-state index in [4.69, 9.17) is 25.8 Å². The van der Waals surface area contributed by atoms with Gasteiger partial charge in [0.05, 0.1) is 18.8 Å². The molecule has 0 spiro atoms. The highest BCUT2D eigenvalue weighted by Crippen LogP contribution is 2.31. The van der Waals surface area contributed by atoms with Crippen LogP contribution >= 0.6 is 0 Å². The van der Waals surface area contributed by atoms with E-state index in [9.17, 15) is 0 Å². The first-order valence-corrected chi connectivity index (χ1v) is 15.1. The van der Waals surface area contributed by atoms with Crippen molar-refractivity contribution in [1.29, 1.82) is 5.41 Å². The van der Waals surface area contributed by atoms with E-state index in [1.165, 1.54) is 22.7 Å². The van der Waals surface area contributed by atoms with E-state index in [0.29, 0.717) is 19.0 Å². The van der Waals surface area contributed by atoms with E-state index in [2.05, 4.69) is 61.2 Å². The number of aromatic nitrogens is 4. The van der Waals surface area contributed by atoms with E-state index in [0.717, 1.165) is 94.3 Å². The molecule has 5 heterocycles. The van der Waals surface area contributed by atoms with Crippen LogP contribution in [-0.4, -0.2) is 82.6 Å². The number of benzene rings is 1. The number of likely N-dealkylation sites (tertiary alicyclic amines) is 1. The molecule has 42 heavy (non-hydrogen) atoms. The molecule has 0 saturated carbocycles. The minimum absolute atomic E-state index is 0.277. The summed E-state index contributed by atoms with van der Waals surface area (Å²) in [5.74, 6) is 2.22. The Morgan fingerprint density at radius 2 is 1.90 bits per heavy atom. The topological polar surface area (TPSA) is 121 Å². The Labute approximate surface area is 247 Å². The van der Waals surface area contributed by atoms with Crippen molar-refractivity contribution in [3.63, 3.8) is 0 Å². The second-order valence-corrected chi connectivity index (χ2v) is 11.2. The number of piperidine rings is 1. The molecular formula is C32H41N9O. The third kappa shape index (κ3) is 6.46. The molecule has 4 N–H and O–H groups in total. The molecule has 2 aliphatic heterocycles. The van der Waals surface area contributed by atoms with Crippen LogP contribution in [0.15, 0.2) is 55.0 Å². The van der Waals surface area contributed by atoms with Crippen LogP contribution in [0.4, 0.5) is 11.6 Å². The Balaban J connectivity index is 1.26. The van der Waals surface area contributed by atoms with Gasteiger partial charge in [0.1, 0.15) is 11.6 Å². The maximum absolute atomic E-state index is 8.35. The Morgan fingerprint density at radius 3 is 2.67 bits per heavy atom. The fourth-order valence-corrected chi connectivity index (χ4v) is 5.99. The minimum atomic E-state index is 0.277. The molecule has 0 bridgehead atoms. The van der Waals surface area contributed by atoms with Gasteiger partial charge >= 0.3 is 0 Å². The number of morpholine rings is 1. The molecule has 10 nitrogen and oxygen atoms in total. The second kappa shape index (κ2) is 13.4. The van der Waals surface area contributed by atoms with Gasteiger partial charge in [0, 0.05) is 86.6 Å². The van der Waals surface area contributed by atoms with E-state index in [1.807, 2.05) is 18.5 Å². The first-order chi connectivity index (χ1) is 20.7. The quantitative estimate of drug-likeness (QED) is 0.183. The molecule has 1 aromatic carbocycles. The van der Waals surface area contributed by atoms with Gasteiger partial charge in [0.15, 0.2) is 5.82 Å². The van der Waals surface area contributed by atoms with Crippen LogP contribution in [0.2, 0.25) is 0 Å². The van der Waals surface area contributed by atoms with Crippen LogP contribution in [0.3, 0.4) is 0 Å². The number of fused-ring (bicyclic) bond motifs is 1. The van der Waals surface area contributed by atoms with Crippen molar-refractivity contribution in [2.45, 2.75) is 44.8 Å². The van der Waals surface area contributed by atoms with Crippen molar-refractivity contribution in [2.75, 3.05) is 56.2 Å². The molecule has 0 unspecified atom stereocenters. The standard InChI is InChI=1S/C32H41N9O/c33-10-1-2-12-40-15-7-25-20-26(5-6-29(25)40)30-37-31(28(21-34)32(38-30)41-16-18-42-19-17-41)36-27-8-13-39(14-9-27)23-24-4-3-11-35-22-24/h3-7,11,15,20-22,27,34H,1-2,8-10,12-14,16-19,23,33H2,(H,36,37,38). The first-order valence-electron chi connectivity index (χ1n) is 15.1. The fraction of sp³-hybridized carbons (Fsp3) is 0.438. The average Bonchev–Trinajstić information content (AvgIpc) is 3.45. The lowest BCUT2D eigenvalue weighted by Crippen LogP contribution is -2.40. The number of aryl methyl sites for hydroxylation is 1. The summed E-state index contributed by atoms with van der Waals surface area (Å²) in [6, 6.07) is 13.0.